The van der Waals surface area contributed by atoms with Crippen LogP contribution in [0.5, 0.6) is 0 Å². The van der Waals surface area contributed by atoms with Crippen LogP contribution in [0.1, 0.15) is 84.0 Å². The summed E-state index contributed by atoms with van der Waals surface area (Å²) in [5, 5.41) is 0. The molecule has 0 aromatic rings. The molecule has 2 heteroatoms. The predicted molar refractivity (Wildman–Crippen MR) is 90.1 cm³/mol. The quantitative estimate of drug-likeness (QED) is 0.311. The summed E-state index contributed by atoms with van der Waals surface area (Å²) in [6, 6.07) is 0. The van der Waals surface area contributed by atoms with Crippen molar-refractivity contribution in [2.45, 2.75) is 84.0 Å². The zero-order valence-electron chi connectivity index (χ0n) is 13.7. The standard InChI is InChI=1S/C18H37NO/c1-2-3-4-5-6-7-8-9-10-11-12-13-14-15-17-20-18-16-19/h7-8H,2-6,9-19H2,1H3/b8-7-. The van der Waals surface area contributed by atoms with Crippen LogP contribution in [0.3, 0.4) is 0 Å². The predicted octanol–water partition coefficient (Wildman–Crippen LogP) is 5.22. The molecule has 0 spiro atoms. The third-order valence-electron chi connectivity index (χ3n) is 3.56. The number of nitrogens with two attached hydrogens (primary N) is 1. The van der Waals surface area contributed by atoms with Crippen molar-refractivity contribution < 1.29 is 4.74 Å². The van der Waals surface area contributed by atoms with Crippen molar-refractivity contribution in [3.05, 3.63) is 12.2 Å². The Hall–Kier alpha value is -0.340. The molecule has 0 saturated heterocycles. The average Bonchev–Trinajstić information content (AvgIpc) is 2.47. The molecule has 0 aliphatic carbocycles. The fourth-order valence-corrected chi connectivity index (χ4v) is 2.28. The highest BCUT2D eigenvalue weighted by Gasteiger charge is 1.91. The molecule has 0 rings (SSSR count). The van der Waals surface area contributed by atoms with Crippen molar-refractivity contribution >= 4 is 0 Å². The molecule has 0 radical (unpaired) electrons. The van der Waals surface area contributed by atoms with Gasteiger partial charge in [0.1, 0.15) is 0 Å². The second-order valence-electron chi connectivity index (χ2n) is 5.63. The van der Waals surface area contributed by atoms with E-state index in [0.29, 0.717) is 13.2 Å². The lowest BCUT2D eigenvalue weighted by molar-refractivity contribution is 0.137. The Balaban J connectivity index is 3.00. The van der Waals surface area contributed by atoms with Crippen LogP contribution in [0.15, 0.2) is 12.2 Å². The van der Waals surface area contributed by atoms with Crippen molar-refractivity contribution in [2.24, 2.45) is 5.73 Å². The number of hydrogen-bond donors (Lipinski definition) is 1. The summed E-state index contributed by atoms with van der Waals surface area (Å²) in [6.07, 6.45) is 20.8. The van der Waals surface area contributed by atoms with E-state index < -0.39 is 0 Å². The molecule has 0 fully saturated rings. The summed E-state index contributed by atoms with van der Waals surface area (Å²) in [7, 11) is 0. The minimum Gasteiger partial charge on any atom is -0.380 e. The number of hydrogen-bond acceptors (Lipinski definition) is 2. The monoisotopic (exact) mass is 283 g/mol. The highest BCUT2D eigenvalue weighted by atomic mass is 16.5. The summed E-state index contributed by atoms with van der Waals surface area (Å²) in [6.45, 7) is 4.51. The lowest BCUT2D eigenvalue weighted by atomic mass is 10.1. The molecule has 20 heavy (non-hydrogen) atoms. The van der Waals surface area contributed by atoms with E-state index in [4.69, 9.17) is 10.5 Å². The minimum atomic E-state index is 0.645. The topological polar surface area (TPSA) is 35.2 Å². The second-order valence-corrected chi connectivity index (χ2v) is 5.63. The number of unbranched alkanes of at least 4 members (excludes halogenated alkanes) is 10. The van der Waals surface area contributed by atoms with Crippen LogP contribution in [0, 0.1) is 0 Å². The van der Waals surface area contributed by atoms with Gasteiger partial charge in [-0.2, -0.15) is 0 Å². The van der Waals surface area contributed by atoms with E-state index in [0.717, 1.165) is 6.61 Å². The molecule has 120 valence electrons. The van der Waals surface area contributed by atoms with Crippen molar-refractivity contribution in [1.29, 1.82) is 0 Å². The fraction of sp³-hybridized carbons (Fsp3) is 0.889. The average molecular weight is 283 g/mol. The first-order valence-corrected chi connectivity index (χ1v) is 8.84. The lowest BCUT2D eigenvalue weighted by Crippen LogP contribution is -2.08. The van der Waals surface area contributed by atoms with Crippen molar-refractivity contribution in [3.63, 3.8) is 0 Å². The van der Waals surface area contributed by atoms with E-state index in [2.05, 4.69) is 19.1 Å². The van der Waals surface area contributed by atoms with Crippen LogP contribution in [0.25, 0.3) is 0 Å². The lowest BCUT2D eigenvalue weighted by Gasteiger charge is -2.02. The fourth-order valence-electron chi connectivity index (χ4n) is 2.28. The summed E-state index contributed by atoms with van der Waals surface area (Å²) in [5.41, 5.74) is 5.36. The van der Waals surface area contributed by atoms with E-state index >= 15 is 0 Å². The third-order valence-corrected chi connectivity index (χ3v) is 3.56. The Labute approximate surface area is 127 Å². The molecule has 2 nitrogen and oxygen atoms in total. The maximum absolute atomic E-state index is 5.36. The smallest absolute Gasteiger partial charge is 0.0588 e. The molecular formula is C18H37NO. The van der Waals surface area contributed by atoms with E-state index in [1.54, 1.807) is 0 Å². The van der Waals surface area contributed by atoms with Crippen molar-refractivity contribution in [2.75, 3.05) is 19.8 Å². The van der Waals surface area contributed by atoms with Gasteiger partial charge in [0, 0.05) is 13.2 Å². The van der Waals surface area contributed by atoms with Gasteiger partial charge in [-0.3, -0.25) is 0 Å². The highest BCUT2D eigenvalue weighted by molar-refractivity contribution is 4.81. The largest absolute Gasteiger partial charge is 0.380 e. The summed E-state index contributed by atoms with van der Waals surface area (Å²) in [4.78, 5) is 0. The maximum Gasteiger partial charge on any atom is 0.0588 e. The second kappa shape index (κ2) is 18.7. The van der Waals surface area contributed by atoms with Crippen LogP contribution in [0.2, 0.25) is 0 Å². The molecular weight excluding hydrogens is 246 g/mol. The molecule has 0 aliphatic heterocycles. The summed E-state index contributed by atoms with van der Waals surface area (Å²) in [5.74, 6) is 0. The maximum atomic E-state index is 5.36. The van der Waals surface area contributed by atoms with Crippen LogP contribution >= 0.6 is 0 Å². The first-order valence-electron chi connectivity index (χ1n) is 8.84. The molecule has 0 aromatic heterocycles. The SMILES string of the molecule is CCCCCC/C=C\CCCCCCCCOCCN. The summed E-state index contributed by atoms with van der Waals surface area (Å²) < 4.78 is 5.36. The first-order chi connectivity index (χ1) is 9.91. The van der Waals surface area contributed by atoms with Crippen LogP contribution < -0.4 is 5.73 Å². The minimum absolute atomic E-state index is 0.645. The Bertz CT molecular complexity index is 192. The van der Waals surface area contributed by atoms with Gasteiger partial charge < -0.3 is 10.5 Å². The van der Waals surface area contributed by atoms with Crippen LogP contribution in [0.4, 0.5) is 0 Å². The molecule has 0 saturated carbocycles. The molecule has 0 aliphatic rings. The van der Waals surface area contributed by atoms with Crippen molar-refractivity contribution in [3.8, 4) is 0 Å². The van der Waals surface area contributed by atoms with Gasteiger partial charge in [0.2, 0.25) is 0 Å². The normalized spacial score (nSPS) is 11.5. The molecule has 0 bridgehead atoms. The Morgan fingerprint density at radius 2 is 1.25 bits per heavy atom. The molecule has 0 amide bonds. The van der Waals surface area contributed by atoms with Gasteiger partial charge >= 0.3 is 0 Å². The highest BCUT2D eigenvalue weighted by Crippen LogP contribution is 2.08. The van der Waals surface area contributed by atoms with E-state index in [-0.39, 0.29) is 0 Å². The van der Waals surface area contributed by atoms with Gasteiger partial charge in [-0.05, 0) is 32.1 Å². The number of ether oxygens (including phenoxy) is 1. The van der Waals surface area contributed by atoms with Crippen LogP contribution in [-0.2, 0) is 4.74 Å². The zero-order chi connectivity index (χ0) is 14.7. The van der Waals surface area contributed by atoms with E-state index in [1.807, 2.05) is 0 Å². The molecule has 0 aromatic carbocycles. The first kappa shape index (κ1) is 19.7. The molecule has 2 N–H and O–H groups in total. The Morgan fingerprint density at radius 1 is 0.700 bits per heavy atom. The van der Waals surface area contributed by atoms with Gasteiger partial charge in [-0.25, -0.2) is 0 Å². The van der Waals surface area contributed by atoms with E-state index in [9.17, 15) is 0 Å². The van der Waals surface area contributed by atoms with Gasteiger partial charge in [-0.15, -0.1) is 0 Å². The number of rotatable bonds is 16. The van der Waals surface area contributed by atoms with E-state index in [1.165, 1.54) is 77.0 Å². The Kier molecular flexibility index (Phi) is 18.3. The van der Waals surface area contributed by atoms with Gasteiger partial charge in [-0.1, -0.05) is 64.0 Å². The molecule has 0 atom stereocenters. The Morgan fingerprint density at radius 3 is 1.85 bits per heavy atom. The van der Waals surface area contributed by atoms with Crippen LogP contribution in [-0.4, -0.2) is 19.8 Å². The summed E-state index contributed by atoms with van der Waals surface area (Å²) >= 11 is 0. The zero-order valence-corrected chi connectivity index (χ0v) is 13.7. The van der Waals surface area contributed by atoms with Gasteiger partial charge in [0.05, 0.1) is 6.61 Å². The van der Waals surface area contributed by atoms with Crippen molar-refractivity contribution in [1.82, 2.24) is 0 Å². The number of allylic oxidation sites excluding steroid dienone is 2. The van der Waals surface area contributed by atoms with Gasteiger partial charge in [0.15, 0.2) is 0 Å². The van der Waals surface area contributed by atoms with Gasteiger partial charge in [0.25, 0.3) is 0 Å². The molecule has 0 unspecified atom stereocenters. The third kappa shape index (κ3) is 17.7. The molecule has 0 heterocycles.